The normalized spacial score (nSPS) is 12.8. The third-order valence-corrected chi connectivity index (χ3v) is 2.32. The molecule has 0 aromatic carbocycles. The molecule has 1 aromatic heterocycles. The summed E-state index contributed by atoms with van der Waals surface area (Å²) in [5, 5.41) is 9.42. The fourth-order valence-corrected chi connectivity index (χ4v) is 1.46. The average molecular weight is 201 g/mol. The molecule has 0 spiro atoms. The lowest BCUT2D eigenvalue weighted by Crippen LogP contribution is -2.11. The fraction of sp³-hybridized carbons (Fsp3) is 0.429. The van der Waals surface area contributed by atoms with E-state index in [1.165, 1.54) is 17.8 Å². The summed E-state index contributed by atoms with van der Waals surface area (Å²) >= 11 is 1.26. The standard InChI is InChI=1S/C7H11N3O2S/c1-4(11)3-13-7-9-5(8)2-6(12)10-7/h2,4,11H,3H2,1H3,(H3,8,9,10,12)/t4-/m0/s1. The van der Waals surface area contributed by atoms with Gasteiger partial charge in [-0.1, -0.05) is 11.8 Å². The highest BCUT2D eigenvalue weighted by Crippen LogP contribution is 2.12. The van der Waals surface area contributed by atoms with E-state index in [-0.39, 0.29) is 11.4 Å². The number of thioether (sulfide) groups is 1. The van der Waals surface area contributed by atoms with Crippen molar-refractivity contribution in [3.8, 4) is 0 Å². The Morgan fingerprint density at radius 3 is 3.08 bits per heavy atom. The van der Waals surface area contributed by atoms with E-state index < -0.39 is 6.10 Å². The van der Waals surface area contributed by atoms with E-state index >= 15 is 0 Å². The van der Waals surface area contributed by atoms with E-state index in [9.17, 15) is 4.79 Å². The molecule has 0 aliphatic rings. The maximum atomic E-state index is 10.9. The number of aliphatic hydroxyl groups excluding tert-OH is 1. The quantitative estimate of drug-likeness (QED) is 0.466. The molecule has 0 unspecified atom stereocenters. The summed E-state index contributed by atoms with van der Waals surface area (Å²) in [5.41, 5.74) is 5.08. The highest BCUT2D eigenvalue weighted by atomic mass is 32.2. The Hall–Kier alpha value is -1.01. The molecule has 0 bridgehead atoms. The zero-order chi connectivity index (χ0) is 9.84. The maximum Gasteiger partial charge on any atom is 0.253 e. The first-order valence-electron chi connectivity index (χ1n) is 3.75. The molecule has 72 valence electrons. The molecule has 5 nitrogen and oxygen atoms in total. The number of nitrogens with two attached hydrogens (primary N) is 1. The highest BCUT2D eigenvalue weighted by molar-refractivity contribution is 7.99. The Kier molecular flexibility index (Phi) is 3.32. The van der Waals surface area contributed by atoms with Gasteiger partial charge in [0.2, 0.25) is 0 Å². The molecular weight excluding hydrogens is 190 g/mol. The summed E-state index contributed by atoms with van der Waals surface area (Å²) in [6.45, 7) is 1.66. The number of aromatic nitrogens is 2. The molecule has 0 radical (unpaired) electrons. The van der Waals surface area contributed by atoms with Gasteiger partial charge in [-0.3, -0.25) is 4.79 Å². The van der Waals surface area contributed by atoms with Crippen LogP contribution in [0.15, 0.2) is 16.0 Å². The van der Waals surface area contributed by atoms with Crippen LogP contribution in [0.25, 0.3) is 0 Å². The van der Waals surface area contributed by atoms with Crippen molar-refractivity contribution in [1.82, 2.24) is 9.97 Å². The van der Waals surface area contributed by atoms with Crippen LogP contribution in [0.4, 0.5) is 5.82 Å². The number of nitrogens with zero attached hydrogens (tertiary/aromatic N) is 1. The summed E-state index contributed by atoms with van der Waals surface area (Å²) in [5.74, 6) is 0.670. The molecular formula is C7H11N3O2S. The average Bonchev–Trinajstić information content (AvgIpc) is 1.99. The number of hydrogen-bond donors (Lipinski definition) is 3. The minimum absolute atomic E-state index is 0.192. The Bertz CT molecular complexity index is 337. The maximum absolute atomic E-state index is 10.9. The van der Waals surface area contributed by atoms with Gasteiger partial charge in [0.25, 0.3) is 5.56 Å². The molecule has 1 rings (SSSR count). The second-order valence-electron chi connectivity index (χ2n) is 2.64. The molecule has 0 aliphatic heterocycles. The molecule has 0 saturated heterocycles. The van der Waals surface area contributed by atoms with E-state index in [1.807, 2.05) is 0 Å². The third kappa shape index (κ3) is 3.47. The topological polar surface area (TPSA) is 92.0 Å². The van der Waals surface area contributed by atoms with Crippen molar-refractivity contribution in [1.29, 1.82) is 0 Å². The van der Waals surface area contributed by atoms with Crippen molar-refractivity contribution in [2.45, 2.75) is 18.2 Å². The summed E-state index contributed by atoms with van der Waals surface area (Å²) < 4.78 is 0. The molecule has 1 aromatic rings. The van der Waals surface area contributed by atoms with Gasteiger partial charge in [-0.15, -0.1) is 0 Å². The van der Waals surface area contributed by atoms with Gasteiger partial charge in [-0.2, -0.15) is 0 Å². The fourth-order valence-electron chi connectivity index (χ4n) is 0.721. The minimum Gasteiger partial charge on any atom is -0.393 e. The Balaban J connectivity index is 2.72. The van der Waals surface area contributed by atoms with Crippen molar-refractivity contribution in [3.05, 3.63) is 16.4 Å². The number of H-pyrrole nitrogens is 1. The van der Waals surface area contributed by atoms with E-state index in [1.54, 1.807) is 6.92 Å². The molecule has 4 N–H and O–H groups in total. The Morgan fingerprint density at radius 2 is 2.54 bits per heavy atom. The van der Waals surface area contributed by atoms with Crippen molar-refractivity contribution in [2.75, 3.05) is 11.5 Å². The van der Waals surface area contributed by atoms with Gasteiger partial charge in [0, 0.05) is 11.8 Å². The number of rotatable bonds is 3. The number of aromatic amines is 1. The number of nitrogens with one attached hydrogen (secondary N) is 1. The molecule has 0 saturated carbocycles. The van der Waals surface area contributed by atoms with Gasteiger partial charge in [0.1, 0.15) is 5.82 Å². The first-order chi connectivity index (χ1) is 6.08. The molecule has 0 amide bonds. The SMILES string of the molecule is C[C@H](O)CSc1nc(N)cc(=O)[nH]1. The molecule has 0 aliphatic carbocycles. The van der Waals surface area contributed by atoms with E-state index in [0.717, 1.165) is 0 Å². The van der Waals surface area contributed by atoms with Crippen LogP contribution in [0.2, 0.25) is 0 Å². The van der Waals surface area contributed by atoms with E-state index in [0.29, 0.717) is 10.9 Å². The van der Waals surface area contributed by atoms with Crippen LogP contribution in [0, 0.1) is 0 Å². The molecule has 13 heavy (non-hydrogen) atoms. The number of nitrogen functional groups attached to an aromatic ring is 1. The second kappa shape index (κ2) is 4.29. The second-order valence-corrected chi connectivity index (χ2v) is 3.64. The van der Waals surface area contributed by atoms with Gasteiger partial charge in [0.15, 0.2) is 5.16 Å². The van der Waals surface area contributed by atoms with Crippen LogP contribution < -0.4 is 11.3 Å². The zero-order valence-corrected chi connectivity index (χ0v) is 7.97. The summed E-state index contributed by atoms with van der Waals surface area (Å²) in [6.07, 6.45) is -0.434. The van der Waals surface area contributed by atoms with Crippen LogP contribution in [0.1, 0.15) is 6.92 Å². The molecule has 6 heteroatoms. The van der Waals surface area contributed by atoms with Gasteiger partial charge in [-0.25, -0.2) is 4.98 Å². The van der Waals surface area contributed by atoms with Crippen LogP contribution in [0.3, 0.4) is 0 Å². The predicted molar refractivity (Wildman–Crippen MR) is 51.7 cm³/mol. The van der Waals surface area contributed by atoms with Crippen molar-refractivity contribution >= 4 is 17.6 Å². The van der Waals surface area contributed by atoms with Gasteiger partial charge < -0.3 is 15.8 Å². The van der Waals surface area contributed by atoms with Crippen LogP contribution >= 0.6 is 11.8 Å². The predicted octanol–water partition coefficient (Wildman–Crippen LogP) is -0.175. The summed E-state index contributed by atoms with van der Waals surface area (Å²) in [4.78, 5) is 17.3. The highest BCUT2D eigenvalue weighted by Gasteiger charge is 2.01. The number of anilines is 1. The van der Waals surface area contributed by atoms with Crippen molar-refractivity contribution < 1.29 is 5.11 Å². The molecule has 1 heterocycles. The summed E-state index contributed by atoms with van der Waals surface area (Å²) in [7, 11) is 0. The zero-order valence-electron chi connectivity index (χ0n) is 7.15. The van der Waals surface area contributed by atoms with Gasteiger partial charge in [0.05, 0.1) is 6.10 Å². The third-order valence-electron chi connectivity index (χ3n) is 1.20. The minimum atomic E-state index is -0.434. The van der Waals surface area contributed by atoms with Gasteiger partial charge in [-0.05, 0) is 6.92 Å². The van der Waals surface area contributed by atoms with Crippen molar-refractivity contribution in [3.63, 3.8) is 0 Å². The van der Waals surface area contributed by atoms with Crippen LogP contribution in [-0.2, 0) is 0 Å². The molecule has 1 atom stereocenters. The number of aliphatic hydroxyl groups is 1. The smallest absolute Gasteiger partial charge is 0.253 e. The lowest BCUT2D eigenvalue weighted by Gasteiger charge is -2.02. The Morgan fingerprint density at radius 1 is 1.85 bits per heavy atom. The lowest BCUT2D eigenvalue weighted by molar-refractivity contribution is 0.220. The van der Waals surface area contributed by atoms with E-state index in [2.05, 4.69) is 9.97 Å². The lowest BCUT2D eigenvalue weighted by atomic mass is 10.5. The van der Waals surface area contributed by atoms with Gasteiger partial charge >= 0.3 is 0 Å². The first kappa shape index (κ1) is 10.1. The monoisotopic (exact) mass is 201 g/mol. The molecule has 0 fully saturated rings. The van der Waals surface area contributed by atoms with Crippen LogP contribution in [-0.4, -0.2) is 26.9 Å². The van der Waals surface area contributed by atoms with E-state index in [4.69, 9.17) is 10.8 Å². The first-order valence-corrected chi connectivity index (χ1v) is 4.74. The Labute approximate surface area is 79.4 Å². The van der Waals surface area contributed by atoms with Crippen molar-refractivity contribution in [2.24, 2.45) is 0 Å². The van der Waals surface area contributed by atoms with Crippen LogP contribution in [0.5, 0.6) is 0 Å². The largest absolute Gasteiger partial charge is 0.393 e. The number of hydrogen-bond acceptors (Lipinski definition) is 5. The summed E-state index contributed by atoms with van der Waals surface area (Å²) in [6, 6.07) is 1.21.